The number of amides is 1. The van der Waals surface area contributed by atoms with Crippen LogP contribution >= 0.6 is 0 Å². The van der Waals surface area contributed by atoms with Gasteiger partial charge in [-0.15, -0.1) is 0 Å². The summed E-state index contributed by atoms with van der Waals surface area (Å²) in [7, 11) is 0. The molecule has 0 bridgehead atoms. The van der Waals surface area contributed by atoms with Crippen LogP contribution in [-0.4, -0.2) is 32.2 Å². The molecular formula is C20H22FN5O. The number of pyridine rings is 1. The first-order chi connectivity index (χ1) is 12.8. The average molecular weight is 367 g/mol. The van der Waals surface area contributed by atoms with Gasteiger partial charge in [0, 0.05) is 18.0 Å². The van der Waals surface area contributed by atoms with E-state index < -0.39 is 11.6 Å². The fourth-order valence-corrected chi connectivity index (χ4v) is 3.75. The van der Waals surface area contributed by atoms with Crippen LogP contribution in [0.1, 0.15) is 42.1 Å². The molecule has 1 fully saturated rings. The molecule has 3 N–H and O–H groups in total. The predicted octanol–water partition coefficient (Wildman–Crippen LogP) is 3.50. The second kappa shape index (κ2) is 6.33. The van der Waals surface area contributed by atoms with Crippen LogP contribution < -0.4 is 11.1 Å². The molecular weight excluding hydrogens is 345 g/mol. The van der Waals surface area contributed by atoms with Gasteiger partial charge in [-0.05, 0) is 56.9 Å². The highest BCUT2D eigenvalue weighted by atomic mass is 19.1. The Morgan fingerprint density at radius 1 is 1.44 bits per heavy atom. The van der Waals surface area contributed by atoms with Crippen LogP contribution in [0.2, 0.25) is 0 Å². The van der Waals surface area contributed by atoms with Gasteiger partial charge in [-0.2, -0.15) is 5.10 Å². The molecule has 6 nitrogen and oxygen atoms in total. The summed E-state index contributed by atoms with van der Waals surface area (Å²) < 4.78 is 16.5. The Kier molecular flexibility index (Phi) is 4.09. The van der Waals surface area contributed by atoms with E-state index >= 15 is 0 Å². The van der Waals surface area contributed by atoms with Crippen molar-refractivity contribution in [1.29, 1.82) is 0 Å². The molecule has 0 saturated heterocycles. The summed E-state index contributed by atoms with van der Waals surface area (Å²) in [5, 5.41) is 7.54. The first-order valence-corrected chi connectivity index (χ1v) is 9.05. The topological polar surface area (TPSA) is 85.3 Å². The lowest BCUT2D eigenvalue weighted by Crippen LogP contribution is -2.36. The van der Waals surface area contributed by atoms with Crippen molar-refractivity contribution in [3.63, 3.8) is 0 Å². The van der Waals surface area contributed by atoms with Gasteiger partial charge in [0.2, 0.25) is 0 Å². The van der Waals surface area contributed by atoms with Crippen molar-refractivity contribution in [3.05, 3.63) is 47.9 Å². The van der Waals surface area contributed by atoms with E-state index in [-0.39, 0.29) is 11.6 Å². The normalized spacial score (nSPS) is 22.3. The van der Waals surface area contributed by atoms with Crippen LogP contribution in [0.4, 0.5) is 10.1 Å². The van der Waals surface area contributed by atoms with E-state index in [4.69, 9.17) is 5.73 Å². The Balaban J connectivity index is 1.84. The van der Waals surface area contributed by atoms with Gasteiger partial charge in [0.25, 0.3) is 5.91 Å². The van der Waals surface area contributed by atoms with Gasteiger partial charge in [-0.1, -0.05) is 0 Å². The first-order valence-electron chi connectivity index (χ1n) is 9.05. The van der Waals surface area contributed by atoms with E-state index in [0.717, 1.165) is 23.2 Å². The molecule has 3 aromatic rings. The maximum absolute atomic E-state index is 14.8. The second-order valence-electron chi connectivity index (χ2n) is 7.44. The Bertz CT molecular complexity index is 1030. The zero-order chi connectivity index (χ0) is 19.2. The number of hydrogen-bond donors (Lipinski definition) is 2. The highest BCUT2D eigenvalue weighted by Gasteiger charge is 2.39. The van der Waals surface area contributed by atoms with Crippen molar-refractivity contribution >= 4 is 17.1 Å². The lowest BCUT2D eigenvalue weighted by molar-refractivity contribution is 0.1000. The summed E-state index contributed by atoms with van der Waals surface area (Å²) in [5.41, 5.74) is 8.44. The minimum atomic E-state index is -1.33. The van der Waals surface area contributed by atoms with E-state index in [1.54, 1.807) is 17.6 Å². The summed E-state index contributed by atoms with van der Waals surface area (Å²) in [6.45, 7) is 3.60. The largest absolute Gasteiger partial charge is 0.377 e. The lowest BCUT2D eigenvalue weighted by atomic mass is 10.0. The van der Waals surface area contributed by atoms with Crippen LogP contribution in [0, 0.1) is 6.92 Å². The average Bonchev–Trinajstić information content (AvgIpc) is 3.18. The summed E-state index contributed by atoms with van der Waals surface area (Å²) in [6, 6.07) is 5.43. The van der Waals surface area contributed by atoms with Crippen molar-refractivity contribution in [1.82, 2.24) is 14.6 Å². The third kappa shape index (κ3) is 3.13. The quantitative estimate of drug-likeness (QED) is 0.739. The Hall–Kier alpha value is -2.96. The number of nitrogens with zero attached hydrogens (tertiary/aromatic N) is 3. The number of aromatic nitrogens is 3. The van der Waals surface area contributed by atoms with Crippen LogP contribution in [-0.2, 0) is 0 Å². The summed E-state index contributed by atoms with van der Waals surface area (Å²) >= 11 is 0. The molecule has 3 aromatic heterocycles. The molecule has 2 atom stereocenters. The lowest BCUT2D eigenvalue weighted by Gasteiger charge is -2.26. The number of carbonyl (C=O) groups is 1. The number of anilines is 1. The van der Waals surface area contributed by atoms with Crippen LogP contribution in [0.3, 0.4) is 0 Å². The van der Waals surface area contributed by atoms with Crippen molar-refractivity contribution in [2.75, 3.05) is 5.32 Å². The molecule has 1 saturated carbocycles. The molecule has 4 rings (SSSR count). The molecule has 1 aliphatic rings. The molecule has 2 unspecified atom stereocenters. The molecule has 1 amide bonds. The van der Waals surface area contributed by atoms with Gasteiger partial charge in [-0.3, -0.25) is 9.78 Å². The number of primary amides is 1. The van der Waals surface area contributed by atoms with E-state index in [1.165, 1.54) is 6.20 Å². The van der Waals surface area contributed by atoms with Gasteiger partial charge in [0.15, 0.2) is 0 Å². The summed E-state index contributed by atoms with van der Waals surface area (Å²) in [5.74, 6) is -0.595. The number of alkyl halides is 1. The van der Waals surface area contributed by atoms with Gasteiger partial charge >= 0.3 is 0 Å². The monoisotopic (exact) mass is 367 g/mol. The Labute approximate surface area is 156 Å². The minimum absolute atomic E-state index is 0.257. The molecule has 1 aliphatic carbocycles. The molecule has 0 aliphatic heterocycles. The van der Waals surface area contributed by atoms with Gasteiger partial charge in [0.05, 0.1) is 34.7 Å². The maximum Gasteiger partial charge on any atom is 0.252 e. The highest BCUT2D eigenvalue weighted by Crippen LogP contribution is 2.37. The number of carbonyl (C=O) groups excluding carboxylic acids is 1. The van der Waals surface area contributed by atoms with E-state index in [9.17, 15) is 9.18 Å². The summed E-state index contributed by atoms with van der Waals surface area (Å²) in [4.78, 5) is 16.4. The fourth-order valence-electron chi connectivity index (χ4n) is 3.75. The van der Waals surface area contributed by atoms with Gasteiger partial charge in [-0.25, -0.2) is 8.91 Å². The highest BCUT2D eigenvalue weighted by molar-refractivity contribution is 6.02. The molecule has 3 heterocycles. The number of halogens is 1. The van der Waals surface area contributed by atoms with E-state index in [2.05, 4.69) is 15.4 Å². The Morgan fingerprint density at radius 2 is 2.26 bits per heavy atom. The summed E-state index contributed by atoms with van der Waals surface area (Å²) in [6.07, 6.45) is 7.02. The molecule has 0 radical (unpaired) electrons. The SMILES string of the molecule is Cc1ccnc(-c2cc3c(NC4CCCC4(C)F)c(C(N)=O)cnn3c2)c1. The van der Waals surface area contributed by atoms with Crippen LogP contribution in [0.5, 0.6) is 0 Å². The second-order valence-corrected chi connectivity index (χ2v) is 7.44. The predicted molar refractivity (Wildman–Crippen MR) is 102 cm³/mol. The maximum atomic E-state index is 14.8. The van der Waals surface area contributed by atoms with E-state index in [1.807, 2.05) is 31.3 Å². The number of rotatable bonds is 4. The smallest absolute Gasteiger partial charge is 0.252 e. The first kappa shape index (κ1) is 17.5. The molecule has 7 heteroatoms. The zero-order valence-corrected chi connectivity index (χ0v) is 15.4. The minimum Gasteiger partial charge on any atom is -0.377 e. The van der Waals surface area contributed by atoms with Crippen molar-refractivity contribution < 1.29 is 9.18 Å². The van der Waals surface area contributed by atoms with Gasteiger partial charge in [0.1, 0.15) is 5.67 Å². The third-order valence-electron chi connectivity index (χ3n) is 5.32. The molecule has 0 spiro atoms. The number of hydrogen-bond acceptors (Lipinski definition) is 4. The van der Waals surface area contributed by atoms with Crippen molar-refractivity contribution in [3.8, 4) is 11.3 Å². The van der Waals surface area contributed by atoms with Gasteiger partial charge < -0.3 is 11.1 Å². The van der Waals surface area contributed by atoms with Crippen molar-refractivity contribution in [2.24, 2.45) is 5.73 Å². The third-order valence-corrected chi connectivity index (χ3v) is 5.32. The molecule has 140 valence electrons. The fraction of sp³-hybridized carbons (Fsp3) is 0.350. The van der Waals surface area contributed by atoms with Crippen LogP contribution in [0.25, 0.3) is 16.8 Å². The molecule has 27 heavy (non-hydrogen) atoms. The van der Waals surface area contributed by atoms with E-state index in [0.29, 0.717) is 24.0 Å². The zero-order valence-electron chi connectivity index (χ0n) is 15.4. The number of nitrogens with two attached hydrogens (primary N) is 1. The standard InChI is InChI=1S/C20H22FN5O/c1-12-5-7-23-15(8-12)13-9-16-18(25-17-4-3-6-20(17,2)21)14(19(22)27)10-24-26(16)11-13/h5,7-11,17,25H,3-4,6H2,1-2H3,(H2,22,27). The number of aryl methyl sites for hydroxylation is 1. The van der Waals surface area contributed by atoms with Crippen LogP contribution in [0.15, 0.2) is 36.8 Å². The number of fused-ring (bicyclic) bond motifs is 1. The number of nitrogens with one attached hydrogen (secondary N) is 1. The van der Waals surface area contributed by atoms with Crippen molar-refractivity contribution in [2.45, 2.75) is 44.8 Å². The molecule has 0 aromatic carbocycles. The Morgan fingerprint density at radius 3 is 2.93 bits per heavy atom.